The van der Waals surface area contributed by atoms with Gasteiger partial charge in [-0.2, -0.15) is 0 Å². The van der Waals surface area contributed by atoms with Gasteiger partial charge >= 0.3 is 0 Å². The minimum Gasteiger partial charge on any atom is -0.352 e. The molecule has 0 spiro atoms. The summed E-state index contributed by atoms with van der Waals surface area (Å²) in [6.45, 7) is 4.52. The predicted octanol–water partition coefficient (Wildman–Crippen LogP) is 2.17. The molecule has 1 rings (SSSR count). The van der Waals surface area contributed by atoms with Gasteiger partial charge in [-0.05, 0) is 30.5 Å². The quantitative estimate of drug-likeness (QED) is 0.771. The average molecular weight is 312 g/mol. The summed E-state index contributed by atoms with van der Waals surface area (Å²) >= 11 is 0. The van der Waals surface area contributed by atoms with Gasteiger partial charge in [0.25, 0.3) is 0 Å². The molecule has 21 heavy (non-hydrogen) atoms. The van der Waals surface area contributed by atoms with Crippen LogP contribution in [0.3, 0.4) is 0 Å². The second-order valence-electron chi connectivity index (χ2n) is 5.15. The van der Waals surface area contributed by atoms with Crippen LogP contribution in [-0.2, 0) is 21.4 Å². The Morgan fingerprint density at radius 2 is 1.86 bits per heavy atom. The zero-order valence-electron chi connectivity index (χ0n) is 12.6. The summed E-state index contributed by atoms with van der Waals surface area (Å²) in [5.41, 5.74) is 0.848. The van der Waals surface area contributed by atoms with E-state index in [1.54, 1.807) is 12.1 Å². The van der Waals surface area contributed by atoms with Gasteiger partial charge in [0, 0.05) is 12.5 Å². The fraction of sp³-hybridized carbons (Fsp3) is 0.533. The third-order valence-electron chi connectivity index (χ3n) is 3.49. The van der Waals surface area contributed by atoms with Crippen molar-refractivity contribution >= 4 is 15.9 Å². The molecule has 6 heteroatoms. The first-order valence-electron chi connectivity index (χ1n) is 7.28. The number of primary sulfonamides is 1. The second kappa shape index (κ2) is 8.14. The Morgan fingerprint density at radius 1 is 1.24 bits per heavy atom. The molecule has 118 valence electrons. The normalized spacial score (nSPS) is 12.9. The van der Waals surface area contributed by atoms with Crippen molar-refractivity contribution in [2.24, 2.45) is 11.1 Å². The van der Waals surface area contributed by atoms with E-state index in [4.69, 9.17) is 5.14 Å². The van der Waals surface area contributed by atoms with Crippen LogP contribution < -0.4 is 10.5 Å². The minimum atomic E-state index is -3.67. The minimum absolute atomic E-state index is 0.0497. The lowest BCUT2D eigenvalue weighted by molar-refractivity contribution is -0.125. The van der Waals surface area contributed by atoms with Gasteiger partial charge < -0.3 is 5.32 Å². The van der Waals surface area contributed by atoms with E-state index in [1.807, 2.05) is 6.92 Å². The molecule has 1 aromatic rings. The van der Waals surface area contributed by atoms with Crippen molar-refractivity contribution in [3.8, 4) is 0 Å². The lowest BCUT2D eigenvalue weighted by Gasteiger charge is -2.14. The topological polar surface area (TPSA) is 89.3 Å². The molecule has 0 radical (unpaired) electrons. The molecule has 0 unspecified atom stereocenters. The number of nitrogens with one attached hydrogen (secondary N) is 1. The van der Waals surface area contributed by atoms with Gasteiger partial charge in [-0.3, -0.25) is 4.79 Å². The molecule has 0 aromatic heterocycles. The first-order chi connectivity index (χ1) is 9.88. The van der Waals surface area contributed by atoms with Gasteiger partial charge in [0.2, 0.25) is 15.9 Å². The van der Waals surface area contributed by atoms with Crippen LogP contribution in [0.1, 0.15) is 45.1 Å². The van der Waals surface area contributed by atoms with Crippen LogP contribution in [0.5, 0.6) is 0 Å². The van der Waals surface area contributed by atoms with E-state index in [-0.39, 0.29) is 16.7 Å². The molecule has 3 N–H and O–H groups in total. The fourth-order valence-corrected chi connectivity index (χ4v) is 2.62. The number of sulfonamides is 1. The van der Waals surface area contributed by atoms with Crippen LogP contribution in [-0.4, -0.2) is 14.3 Å². The van der Waals surface area contributed by atoms with E-state index in [9.17, 15) is 13.2 Å². The van der Waals surface area contributed by atoms with Crippen LogP contribution in [0.2, 0.25) is 0 Å². The number of amides is 1. The highest BCUT2D eigenvalue weighted by Gasteiger charge is 2.15. The number of unbranched alkanes of at least 4 members (excludes halogenated alkanes) is 1. The summed E-state index contributed by atoms with van der Waals surface area (Å²) in [4.78, 5) is 12.1. The van der Waals surface area contributed by atoms with Crippen LogP contribution in [0, 0.1) is 5.92 Å². The summed E-state index contributed by atoms with van der Waals surface area (Å²) in [5.74, 6) is 0.107. The van der Waals surface area contributed by atoms with E-state index >= 15 is 0 Å². The van der Waals surface area contributed by atoms with E-state index in [1.165, 1.54) is 12.1 Å². The lowest BCUT2D eigenvalue weighted by Crippen LogP contribution is -2.30. The average Bonchev–Trinajstić information content (AvgIpc) is 2.45. The lowest BCUT2D eigenvalue weighted by atomic mass is 9.98. The van der Waals surface area contributed by atoms with E-state index < -0.39 is 10.0 Å². The largest absolute Gasteiger partial charge is 0.352 e. The second-order valence-corrected chi connectivity index (χ2v) is 6.72. The van der Waals surface area contributed by atoms with Crippen molar-refractivity contribution in [1.82, 2.24) is 5.32 Å². The maximum Gasteiger partial charge on any atom is 0.238 e. The van der Waals surface area contributed by atoms with Gasteiger partial charge in [-0.1, -0.05) is 38.8 Å². The van der Waals surface area contributed by atoms with Crippen molar-refractivity contribution in [2.45, 2.75) is 51.0 Å². The first kappa shape index (κ1) is 17.7. The molecule has 0 aliphatic carbocycles. The monoisotopic (exact) mass is 312 g/mol. The highest BCUT2D eigenvalue weighted by molar-refractivity contribution is 7.89. The van der Waals surface area contributed by atoms with Crippen molar-refractivity contribution in [1.29, 1.82) is 0 Å². The molecule has 1 atom stereocenters. The van der Waals surface area contributed by atoms with E-state index in [2.05, 4.69) is 12.2 Å². The Morgan fingerprint density at radius 3 is 2.33 bits per heavy atom. The Balaban J connectivity index is 2.56. The molecule has 1 amide bonds. The Hall–Kier alpha value is -1.40. The highest BCUT2D eigenvalue weighted by atomic mass is 32.2. The first-order valence-corrected chi connectivity index (χ1v) is 8.82. The number of hydrogen-bond donors (Lipinski definition) is 2. The maximum absolute atomic E-state index is 12.1. The van der Waals surface area contributed by atoms with Crippen molar-refractivity contribution in [2.75, 3.05) is 0 Å². The summed E-state index contributed by atoms with van der Waals surface area (Å²) in [6, 6.07) is 6.22. The molecule has 0 aliphatic rings. The standard InChI is InChI=1S/C15H24N2O3S/c1-3-5-6-13(4-2)15(18)17-11-12-7-9-14(10-8-12)21(16,19)20/h7-10,13H,3-6,11H2,1-2H3,(H,17,18)(H2,16,19,20)/t13-/m1/s1. The number of carbonyl (C=O) groups excluding carboxylic acids is 1. The van der Waals surface area contributed by atoms with Gasteiger partial charge in [-0.25, -0.2) is 13.6 Å². The molecular weight excluding hydrogens is 288 g/mol. The number of rotatable bonds is 8. The maximum atomic E-state index is 12.1. The van der Waals surface area contributed by atoms with Crippen LogP contribution in [0.25, 0.3) is 0 Å². The Bertz CT molecular complexity index is 553. The van der Waals surface area contributed by atoms with Gasteiger partial charge in [0.15, 0.2) is 0 Å². The van der Waals surface area contributed by atoms with Gasteiger partial charge in [0.05, 0.1) is 4.90 Å². The van der Waals surface area contributed by atoms with Gasteiger partial charge in [0.1, 0.15) is 0 Å². The molecule has 0 saturated carbocycles. The highest BCUT2D eigenvalue weighted by Crippen LogP contribution is 2.13. The predicted molar refractivity (Wildman–Crippen MR) is 83.0 cm³/mol. The SMILES string of the molecule is CCCC[C@@H](CC)C(=O)NCc1ccc(S(N)(=O)=O)cc1. The summed E-state index contributed by atoms with van der Waals surface area (Å²) < 4.78 is 22.3. The van der Waals surface area contributed by atoms with E-state index in [0.717, 1.165) is 31.2 Å². The van der Waals surface area contributed by atoms with Crippen molar-refractivity contribution in [3.63, 3.8) is 0 Å². The molecule has 0 bridgehead atoms. The molecule has 0 saturated heterocycles. The number of nitrogens with two attached hydrogens (primary N) is 1. The van der Waals surface area contributed by atoms with Crippen molar-refractivity contribution < 1.29 is 13.2 Å². The summed E-state index contributed by atoms with van der Waals surface area (Å²) in [5, 5.41) is 7.93. The smallest absolute Gasteiger partial charge is 0.238 e. The zero-order chi connectivity index (χ0) is 15.9. The van der Waals surface area contributed by atoms with Crippen molar-refractivity contribution in [3.05, 3.63) is 29.8 Å². The number of hydrogen-bond acceptors (Lipinski definition) is 3. The Labute approximate surface area is 127 Å². The fourth-order valence-electron chi connectivity index (χ4n) is 2.10. The summed E-state index contributed by atoms with van der Waals surface area (Å²) in [6.07, 6.45) is 3.87. The number of carbonyl (C=O) groups is 1. The zero-order valence-corrected chi connectivity index (χ0v) is 13.4. The summed E-state index contributed by atoms with van der Waals surface area (Å²) in [7, 11) is -3.67. The van der Waals surface area contributed by atoms with Crippen LogP contribution >= 0.6 is 0 Å². The third kappa shape index (κ3) is 5.85. The van der Waals surface area contributed by atoms with E-state index in [0.29, 0.717) is 6.54 Å². The van der Waals surface area contributed by atoms with Crippen LogP contribution in [0.15, 0.2) is 29.2 Å². The van der Waals surface area contributed by atoms with Crippen LogP contribution in [0.4, 0.5) is 0 Å². The molecule has 5 nitrogen and oxygen atoms in total. The molecule has 1 aromatic carbocycles. The van der Waals surface area contributed by atoms with Gasteiger partial charge in [-0.15, -0.1) is 0 Å². The molecular formula is C15H24N2O3S. The molecule has 0 aliphatic heterocycles. The third-order valence-corrected chi connectivity index (χ3v) is 4.42. The molecule has 0 fully saturated rings. The number of benzene rings is 1. The Kier molecular flexibility index (Phi) is 6.84. The molecule has 0 heterocycles.